The number of carbonyl (C=O) groups excluding carboxylic acids is 2. The molecule has 0 aliphatic heterocycles. The van der Waals surface area contributed by atoms with Crippen molar-refractivity contribution in [3.05, 3.63) is 87.8 Å². The molecule has 0 radical (unpaired) electrons. The van der Waals surface area contributed by atoms with E-state index in [2.05, 4.69) is 71.5 Å². The molecule has 0 bridgehead atoms. The van der Waals surface area contributed by atoms with E-state index in [9.17, 15) is 9.59 Å². The van der Waals surface area contributed by atoms with Crippen LogP contribution < -0.4 is 10.2 Å². The summed E-state index contributed by atoms with van der Waals surface area (Å²) in [7, 11) is 0. The number of hydrogen-bond donors (Lipinski definition) is 1. The smallest absolute Gasteiger partial charge is 0.379 e. The van der Waals surface area contributed by atoms with Crippen molar-refractivity contribution in [1.29, 1.82) is 0 Å². The molecule has 1 aromatic heterocycles. The molecule has 2 atom stereocenters. The topological polar surface area (TPSA) is 80.9 Å². The summed E-state index contributed by atoms with van der Waals surface area (Å²) in [6, 6.07) is 16.8. The van der Waals surface area contributed by atoms with E-state index in [-0.39, 0.29) is 28.9 Å². The van der Waals surface area contributed by atoms with Crippen LogP contribution in [0.1, 0.15) is 60.4 Å². The normalized spacial score (nSPS) is 17.7. The summed E-state index contributed by atoms with van der Waals surface area (Å²) in [6.07, 6.45) is 3.67. The van der Waals surface area contributed by atoms with Gasteiger partial charge in [-0.05, 0) is 59.2 Å². The molecule has 1 saturated carbocycles. The lowest BCUT2D eigenvalue weighted by Crippen LogP contribution is -2.20. The molecule has 1 heterocycles. The first-order valence-electron chi connectivity index (χ1n) is 10.7. The minimum absolute atomic E-state index is 0.0959. The van der Waals surface area contributed by atoms with E-state index in [4.69, 9.17) is 9.15 Å². The lowest BCUT2D eigenvalue weighted by atomic mass is 9.86. The maximum absolute atomic E-state index is 12.6. The van der Waals surface area contributed by atoms with Gasteiger partial charge < -0.3 is 9.15 Å². The van der Waals surface area contributed by atoms with Crippen LogP contribution in [0, 0.1) is 5.92 Å². The average molecular weight is 509 g/mol. The Labute approximate surface area is 201 Å². The van der Waals surface area contributed by atoms with E-state index in [0.717, 1.165) is 10.9 Å². The van der Waals surface area contributed by atoms with Crippen LogP contribution in [0.2, 0.25) is 0 Å². The van der Waals surface area contributed by atoms with Gasteiger partial charge in [0.05, 0.1) is 12.5 Å². The molecule has 1 N–H and O–H groups in total. The number of benzene rings is 2. The van der Waals surface area contributed by atoms with Crippen molar-refractivity contribution in [3.8, 4) is 5.75 Å². The Morgan fingerprint density at radius 3 is 2.58 bits per heavy atom. The Morgan fingerprint density at radius 2 is 1.91 bits per heavy atom. The molecular weight excluding hydrogens is 484 g/mol. The fourth-order valence-electron chi connectivity index (χ4n) is 3.59. The second-order valence-corrected chi connectivity index (χ2v) is 10.0. The predicted octanol–water partition coefficient (Wildman–Crippen LogP) is 5.81. The quantitative estimate of drug-likeness (QED) is 0.197. The Hall–Kier alpha value is -3.19. The number of hydrazone groups is 1. The van der Waals surface area contributed by atoms with Crippen molar-refractivity contribution in [2.24, 2.45) is 11.0 Å². The van der Waals surface area contributed by atoms with Crippen LogP contribution in [-0.2, 0) is 10.2 Å². The molecular formula is C26H25BrN2O4. The van der Waals surface area contributed by atoms with Gasteiger partial charge in [0.15, 0.2) is 0 Å². The summed E-state index contributed by atoms with van der Waals surface area (Å²) >= 11 is 3.40. The lowest BCUT2D eigenvalue weighted by Gasteiger charge is -2.19. The van der Waals surface area contributed by atoms with Gasteiger partial charge in [0.25, 0.3) is 0 Å². The van der Waals surface area contributed by atoms with Gasteiger partial charge in [-0.15, -0.1) is 0 Å². The number of ether oxygens (including phenoxy) is 1. The van der Waals surface area contributed by atoms with E-state index in [1.165, 1.54) is 29.7 Å². The number of rotatable bonds is 6. The minimum atomic E-state index is -0.612. The molecule has 0 saturated heterocycles. The third-order valence-corrected chi connectivity index (χ3v) is 6.10. The number of furan rings is 1. The number of amides is 1. The van der Waals surface area contributed by atoms with Gasteiger partial charge in [0, 0.05) is 16.0 Å². The minimum Gasteiger partial charge on any atom is -0.457 e. The first-order chi connectivity index (χ1) is 15.7. The highest BCUT2D eigenvalue weighted by Gasteiger charge is 2.44. The standard InChI is InChI=1S/C26H25BrN2O4/c1-26(2,3)18-8-6-16(7-9-18)20-14-21(20)24(30)29-28-15-17-13-19(27)10-11-22(17)33-25(31)23-5-4-12-32-23/h4-13,15,20-21H,14H2,1-3H3,(H,29,30)/b28-15+/t20-,21-/m1/s1. The van der Waals surface area contributed by atoms with Crippen LogP contribution in [0.25, 0.3) is 0 Å². The molecule has 0 unspecified atom stereocenters. The van der Waals surface area contributed by atoms with Gasteiger partial charge >= 0.3 is 5.97 Å². The van der Waals surface area contributed by atoms with Gasteiger partial charge in [0.1, 0.15) is 5.75 Å². The number of esters is 1. The van der Waals surface area contributed by atoms with Gasteiger partial charge in [-0.1, -0.05) is 61.0 Å². The zero-order chi connectivity index (χ0) is 23.6. The van der Waals surface area contributed by atoms with Crippen molar-refractivity contribution in [1.82, 2.24) is 5.43 Å². The Kier molecular flexibility index (Phi) is 6.51. The molecule has 7 heteroatoms. The van der Waals surface area contributed by atoms with Crippen LogP contribution in [0.5, 0.6) is 5.75 Å². The Morgan fingerprint density at radius 1 is 1.15 bits per heavy atom. The monoisotopic (exact) mass is 508 g/mol. The second kappa shape index (κ2) is 9.35. The van der Waals surface area contributed by atoms with Gasteiger partial charge in [-0.2, -0.15) is 5.10 Å². The van der Waals surface area contributed by atoms with Crippen LogP contribution in [0.3, 0.4) is 0 Å². The maximum Gasteiger partial charge on any atom is 0.379 e. The van der Waals surface area contributed by atoms with Crippen molar-refractivity contribution in [2.75, 3.05) is 0 Å². The van der Waals surface area contributed by atoms with Crippen LogP contribution in [0.4, 0.5) is 0 Å². The summed E-state index contributed by atoms with van der Waals surface area (Å²) in [5, 5.41) is 4.09. The largest absolute Gasteiger partial charge is 0.457 e. The van der Waals surface area contributed by atoms with Gasteiger partial charge in [-0.25, -0.2) is 10.2 Å². The average Bonchev–Trinajstić information content (AvgIpc) is 3.39. The van der Waals surface area contributed by atoms with Gasteiger partial charge in [-0.3, -0.25) is 4.79 Å². The molecule has 2 aromatic carbocycles. The van der Waals surface area contributed by atoms with E-state index in [0.29, 0.717) is 11.3 Å². The molecule has 33 heavy (non-hydrogen) atoms. The third-order valence-electron chi connectivity index (χ3n) is 5.61. The van der Waals surface area contributed by atoms with E-state index in [1.807, 2.05) is 0 Å². The van der Waals surface area contributed by atoms with Crippen molar-refractivity contribution in [2.45, 2.75) is 38.5 Å². The van der Waals surface area contributed by atoms with E-state index >= 15 is 0 Å². The fourth-order valence-corrected chi connectivity index (χ4v) is 3.97. The van der Waals surface area contributed by atoms with Crippen molar-refractivity contribution < 1.29 is 18.7 Å². The molecule has 4 rings (SSSR count). The zero-order valence-electron chi connectivity index (χ0n) is 18.7. The second-order valence-electron chi connectivity index (χ2n) is 9.10. The maximum atomic E-state index is 12.6. The van der Waals surface area contributed by atoms with Gasteiger partial charge in [0.2, 0.25) is 11.7 Å². The lowest BCUT2D eigenvalue weighted by molar-refractivity contribution is -0.122. The predicted molar refractivity (Wildman–Crippen MR) is 130 cm³/mol. The number of nitrogens with zero attached hydrogens (tertiary/aromatic N) is 1. The highest BCUT2D eigenvalue weighted by molar-refractivity contribution is 9.10. The van der Waals surface area contributed by atoms with Crippen LogP contribution in [-0.4, -0.2) is 18.1 Å². The van der Waals surface area contributed by atoms with Crippen molar-refractivity contribution in [3.63, 3.8) is 0 Å². The summed E-state index contributed by atoms with van der Waals surface area (Å²) in [5.74, 6) is -0.212. The summed E-state index contributed by atoms with van der Waals surface area (Å²) in [4.78, 5) is 24.8. The first-order valence-corrected chi connectivity index (χ1v) is 11.5. The molecule has 6 nitrogen and oxygen atoms in total. The molecule has 170 valence electrons. The fraction of sp³-hybridized carbons (Fsp3) is 0.269. The molecule has 1 fully saturated rings. The molecule has 1 aliphatic rings. The number of carbonyl (C=O) groups is 2. The molecule has 0 spiro atoms. The Balaban J connectivity index is 1.37. The third kappa shape index (κ3) is 5.60. The number of nitrogens with one attached hydrogen (secondary N) is 1. The number of halogens is 1. The molecule has 1 amide bonds. The zero-order valence-corrected chi connectivity index (χ0v) is 20.3. The van der Waals surface area contributed by atoms with Crippen LogP contribution >= 0.6 is 15.9 Å². The number of hydrogen-bond acceptors (Lipinski definition) is 5. The SMILES string of the molecule is CC(C)(C)c1ccc([C@H]2C[C@H]2C(=O)N/N=C/c2cc(Br)ccc2OC(=O)c2ccco2)cc1. The van der Waals surface area contributed by atoms with E-state index in [1.54, 1.807) is 24.3 Å². The van der Waals surface area contributed by atoms with Crippen LogP contribution in [0.15, 0.2) is 74.9 Å². The highest BCUT2D eigenvalue weighted by Crippen LogP contribution is 2.47. The summed E-state index contributed by atoms with van der Waals surface area (Å²) in [6.45, 7) is 6.55. The summed E-state index contributed by atoms with van der Waals surface area (Å²) in [5.41, 5.74) is 5.70. The Bertz CT molecular complexity index is 1180. The first kappa shape index (κ1) is 23.0. The van der Waals surface area contributed by atoms with E-state index < -0.39 is 5.97 Å². The summed E-state index contributed by atoms with van der Waals surface area (Å²) < 4.78 is 11.3. The van der Waals surface area contributed by atoms with Crippen molar-refractivity contribution >= 4 is 34.0 Å². The highest BCUT2D eigenvalue weighted by atomic mass is 79.9. The molecule has 1 aliphatic carbocycles. The molecule has 3 aromatic rings.